The molecular formula is C13H20N2O3. The van der Waals surface area contributed by atoms with Gasteiger partial charge in [-0.25, -0.2) is 0 Å². The Labute approximate surface area is 108 Å². The van der Waals surface area contributed by atoms with Gasteiger partial charge in [-0.05, 0) is 12.1 Å². The molecule has 1 aliphatic heterocycles. The first-order chi connectivity index (χ1) is 8.81. The Balaban J connectivity index is 2.40. The van der Waals surface area contributed by atoms with E-state index in [1.165, 1.54) is 0 Å². The van der Waals surface area contributed by atoms with Gasteiger partial charge in [-0.1, -0.05) is 0 Å². The summed E-state index contributed by atoms with van der Waals surface area (Å²) >= 11 is 0. The van der Waals surface area contributed by atoms with Crippen LogP contribution >= 0.6 is 0 Å². The lowest BCUT2D eigenvalue weighted by Gasteiger charge is -2.31. The Kier molecular flexibility index (Phi) is 4.15. The minimum absolute atomic E-state index is 0.649. The first-order valence-corrected chi connectivity index (χ1v) is 6.06. The predicted molar refractivity (Wildman–Crippen MR) is 71.2 cm³/mol. The molecule has 1 fully saturated rings. The largest absolute Gasteiger partial charge is 0.493 e. The second-order valence-corrected chi connectivity index (χ2v) is 4.09. The third-order valence-corrected chi connectivity index (χ3v) is 3.14. The standard InChI is InChI=1S/C13H20N2O3/c1-16-11-5-4-10(12(17-2)13(11)18-3)15-8-6-14-7-9-15/h4-5,14H,6-9H2,1-3H3. The molecule has 18 heavy (non-hydrogen) atoms. The molecule has 1 N–H and O–H groups in total. The summed E-state index contributed by atoms with van der Waals surface area (Å²) < 4.78 is 16.2. The Morgan fingerprint density at radius 1 is 0.944 bits per heavy atom. The fraction of sp³-hybridized carbons (Fsp3) is 0.538. The van der Waals surface area contributed by atoms with Crippen molar-refractivity contribution in [1.82, 2.24) is 5.32 Å². The Morgan fingerprint density at radius 3 is 2.17 bits per heavy atom. The van der Waals surface area contributed by atoms with Crippen LogP contribution in [-0.2, 0) is 0 Å². The van der Waals surface area contributed by atoms with Crippen LogP contribution in [0.15, 0.2) is 12.1 Å². The zero-order chi connectivity index (χ0) is 13.0. The molecule has 0 saturated carbocycles. The Bertz CT molecular complexity index is 403. The maximum Gasteiger partial charge on any atom is 0.205 e. The average molecular weight is 252 g/mol. The van der Waals surface area contributed by atoms with Gasteiger partial charge in [0.25, 0.3) is 0 Å². The van der Waals surface area contributed by atoms with Crippen LogP contribution < -0.4 is 24.4 Å². The molecule has 0 spiro atoms. The summed E-state index contributed by atoms with van der Waals surface area (Å²) in [6, 6.07) is 3.93. The first-order valence-electron chi connectivity index (χ1n) is 6.06. The number of anilines is 1. The molecule has 0 atom stereocenters. The molecule has 5 heteroatoms. The van der Waals surface area contributed by atoms with E-state index < -0.39 is 0 Å². The number of ether oxygens (including phenoxy) is 3. The van der Waals surface area contributed by atoms with Crippen molar-refractivity contribution in [2.45, 2.75) is 0 Å². The fourth-order valence-electron chi connectivity index (χ4n) is 2.24. The van der Waals surface area contributed by atoms with Crippen molar-refractivity contribution in [3.8, 4) is 17.2 Å². The van der Waals surface area contributed by atoms with Gasteiger partial charge in [-0.15, -0.1) is 0 Å². The third kappa shape index (κ3) is 2.31. The van der Waals surface area contributed by atoms with Crippen LogP contribution in [0.4, 0.5) is 5.69 Å². The zero-order valence-electron chi connectivity index (χ0n) is 11.2. The van der Waals surface area contributed by atoms with E-state index in [4.69, 9.17) is 14.2 Å². The highest BCUT2D eigenvalue weighted by Gasteiger charge is 2.21. The molecule has 5 nitrogen and oxygen atoms in total. The molecule has 0 radical (unpaired) electrons. The number of benzene rings is 1. The maximum atomic E-state index is 5.50. The van der Waals surface area contributed by atoms with Crippen LogP contribution in [-0.4, -0.2) is 47.5 Å². The Hall–Kier alpha value is -1.62. The number of nitrogens with one attached hydrogen (secondary N) is 1. The summed E-state index contributed by atoms with van der Waals surface area (Å²) in [7, 11) is 4.91. The van der Waals surface area contributed by atoms with Crippen LogP contribution in [0.5, 0.6) is 17.2 Å². The van der Waals surface area contributed by atoms with E-state index in [2.05, 4.69) is 10.2 Å². The van der Waals surface area contributed by atoms with Crippen LogP contribution in [0, 0.1) is 0 Å². The van der Waals surface area contributed by atoms with Gasteiger partial charge < -0.3 is 24.4 Å². The number of hydrogen-bond donors (Lipinski definition) is 1. The summed E-state index contributed by atoms with van der Waals surface area (Å²) in [5, 5.41) is 3.33. The second kappa shape index (κ2) is 5.82. The number of methoxy groups -OCH3 is 3. The summed E-state index contributed by atoms with van der Waals surface area (Å²) in [5.74, 6) is 2.07. The van der Waals surface area contributed by atoms with Crippen molar-refractivity contribution in [2.24, 2.45) is 0 Å². The lowest BCUT2D eigenvalue weighted by molar-refractivity contribution is 0.324. The van der Waals surface area contributed by atoms with Gasteiger partial charge in [0.15, 0.2) is 11.5 Å². The molecule has 0 amide bonds. The van der Waals surface area contributed by atoms with E-state index in [0.717, 1.165) is 37.6 Å². The highest BCUT2D eigenvalue weighted by Crippen LogP contribution is 2.44. The SMILES string of the molecule is COc1ccc(N2CCNCC2)c(OC)c1OC. The smallest absolute Gasteiger partial charge is 0.205 e. The van der Waals surface area contributed by atoms with Crippen LogP contribution in [0.1, 0.15) is 0 Å². The van der Waals surface area contributed by atoms with Crippen molar-refractivity contribution in [3.05, 3.63) is 12.1 Å². The van der Waals surface area contributed by atoms with Crippen molar-refractivity contribution in [2.75, 3.05) is 52.4 Å². The maximum absolute atomic E-state index is 5.50. The van der Waals surface area contributed by atoms with Crippen LogP contribution in [0.25, 0.3) is 0 Å². The number of piperazine rings is 1. The Morgan fingerprint density at radius 2 is 1.61 bits per heavy atom. The molecule has 0 aliphatic carbocycles. The van der Waals surface area contributed by atoms with Crippen molar-refractivity contribution in [3.63, 3.8) is 0 Å². The molecule has 1 saturated heterocycles. The van der Waals surface area contributed by atoms with E-state index in [-0.39, 0.29) is 0 Å². The second-order valence-electron chi connectivity index (χ2n) is 4.09. The monoisotopic (exact) mass is 252 g/mol. The molecule has 2 rings (SSSR count). The molecule has 0 bridgehead atoms. The lowest BCUT2D eigenvalue weighted by Crippen LogP contribution is -2.43. The van der Waals surface area contributed by atoms with Crippen molar-refractivity contribution in [1.29, 1.82) is 0 Å². The minimum atomic E-state index is 0.649. The van der Waals surface area contributed by atoms with Gasteiger partial charge in [0, 0.05) is 26.2 Å². The molecule has 1 aliphatic rings. The van der Waals surface area contributed by atoms with Gasteiger partial charge in [-0.3, -0.25) is 0 Å². The van der Waals surface area contributed by atoms with Gasteiger partial charge in [0.1, 0.15) is 0 Å². The first kappa shape index (κ1) is 12.8. The molecule has 0 aromatic heterocycles. The van der Waals surface area contributed by atoms with Gasteiger partial charge in [-0.2, -0.15) is 0 Å². The third-order valence-electron chi connectivity index (χ3n) is 3.14. The highest BCUT2D eigenvalue weighted by molar-refractivity contribution is 5.69. The summed E-state index contributed by atoms with van der Waals surface area (Å²) in [6.45, 7) is 3.90. The van der Waals surface area contributed by atoms with Crippen LogP contribution in [0.2, 0.25) is 0 Å². The molecule has 1 aromatic rings. The van der Waals surface area contributed by atoms with Crippen molar-refractivity contribution < 1.29 is 14.2 Å². The van der Waals surface area contributed by atoms with Gasteiger partial charge >= 0.3 is 0 Å². The zero-order valence-corrected chi connectivity index (χ0v) is 11.2. The molecule has 0 unspecified atom stereocenters. The van der Waals surface area contributed by atoms with E-state index in [1.807, 2.05) is 12.1 Å². The normalized spacial score (nSPS) is 15.4. The summed E-state index contributed by atoms with van der Waals surface area (Å²) in [6.07, 6.45) is 0. The van der Waals surface area contributed by atoms with Crippen LogP contribution in [0.3, 0.4) is 0 Å². The molecular weight excluding hydrogens is 232 g/mol. The number of hydrogen-bond acceptors (Lipinski definition) is 5. The fourth-order valence-corrected chi connectivity index (χ4v) is 2.24. The molecule has 100 valence electrons. The minimum Gasteiger partial charge on any atom is -0.493 e. The van der Waals surface area contributed by atoms with Gasteiger partial charge in [0.05, 0.1) is 27.0 Å². The summed E-state index contributed by atoms with van der Waals surface area (Å²) in [4.78, 5) is 2.29. The molecule has 1 heterocycles. The van der Waals surface area contributed by atoms with E-state index in [1.54, 1.807) is 21.3 Å². The van der Waals surface area contributed by atoms with E-state index in [0.29, 0.717) is 11.5 Å². The van der Waals surface area contributed by atoms with E-state index in [9.17, 15) is 0 Å². The van der Waals surface area contributed by atoms with Gasteiger partial charge in [0.2, 0.25) is 5.75 Å². The molecule has 1 aromatic carbocycles. The number of nitrogens with zero attached hydrogens (tertiary/aromatic N) is 1. The number of rotatable bonds is 4. The van der Waals surface area contributed by atoms with Crippen molar-refractivity contribution >= 4 is 5.69 Å². The predicted octanol–water partition coefficient (Wildman–Crippen LogP) is 1.12. The summed E-state index contributed by atoms with van der Waals surface area (Å²) in [5.41, 5.74) is 1.05. The quantitative estimate of drug-likeness (QED) is 0.870. The van der Waals surface area contributed by atoms with E-state index >= 15 is 0 Å². The lowest BCUT2D eigenvalue weighted by atomic mass is 10.2. The topological polar surface area (TPSA) is 43.0 Å². The highest BCUT2D eigenvalue weighted by atomic mass is 16.5. The average Bonchev–Trinajstić information content (AvgIpc) is 2.46.